The fraction of sp³-hybridized carbons (Fsp3) is 0.583. The van der Waals surface area contributed by atoms with Crippen molar-refractivity contribution >= 4 is 33.0 Å². The third kappa shape index (κ3) is 1.43. The van der Waals surface area contributed by atoms with Gasteiger partial charge in [0, 0.05) is 26.7 Å². The zero-order chi connectivity index (χ0) is 11.4. The molecule has 0 atom stereocenters. The molecule has 1 aromatic heterocycles. The highest BCUT2D eigenvalue weighted by Gasteiger charge is 2.68. The van der Waals surface area contributed by atoms with Gasteiger partial charge in [-0.3, -0.25) is 4.79 Å². The number of hydrogen-bond acceptors (Lipinski definition) is 2. The van der Waals surface area contributed by atoms with Gasteiger partial charge in [-0.2, -0.15) is 11.3 Å². The van der Waals surface area contributed by atoms with Crippen LogP contribution in [-0.2, 0) is 0 Å². The van der Waals surface area contributed by atoms with Gasteiger partial charge in [0.15, 0.2) is 5.78 Å². The molecule has 0 saturated heterocycles. The molecule has 0 spiro atoms. The van der Waals surface area contributed by atoms with Gasteiger partial charge in [0.05, 0.1) is 0 Å². The number of Topliss-reactive ketones (excluding diaryl/α,β-unsaturated/α-hetero) is 1. The van der Waals surface area contributed by atoms with Crippen LogP contribution in [0.1, 0.15) is 38.1 Å². The quantitative estimate of drug-likeness (QED) is 0.738. The SMILES string of the molecule is CC1(C)C(C(=O)c2cscc2Br)C1(C)C. The molecule has 1 nitrogen and oxygen atoms in total. The van der Waals surface area contributed by atoms with Gasteiger partial charge in [-0.15, -0.1) is 0 Å². The molecular formula is C12H15BrOS. The highest BCUT2D eigenvalue weighted by Crippen LogP contribution is 2.69. The number of carbonyl (C=O) groups excluding carboxylic acids is 1. The van der Waals surface area contributed by atoms with Crippen molar-refractivity contribution < 1.29 is 4.79 Å². The Hall–Kier alpha value is -0.150. The van der Waals surface area contributed by atoms with Crippen molar-refractivity contribution in [3.8, 4) is 0 Å². The molecule has 0 bridgehead atoms. The van der Waals surface area contributed by atoms with E-state index in [1.165, 1.54) is 0 Å². The Bertz CT molecular complexity index is 403. The minimum atomic E-state index is 0.130. The van der Waals surface area contributed by atoms with Gasteiger partial charge in [0.1, 0.15) is 0 Å². The minimum Gasteiger partial charge on any atom is -0.294 e. The smallest absolute Gasteiger partial charge is 0.169 e. The van der Waals surface area contributed by atoms with Crippen LogP contribution in [0.2, 0.25) is 0 Å². The van der Waals surface area contributed by atoms with Crippen LogP contribution in [0.5, 0.6) is 0 Å². The van der Waals surface area contributed by atoms with Gasteiger partial charge in [-0.05, 0) is 26.8 Å². The second-order valence-corrected chi connectivity index (χ2v) is 6.97. The largest absolute Gasteiger partial charge is 0.294 e. The molecule has 0 amide bonds. The van der Waals surface area contributed by atoms with Crippen molar-refractivity contribution in [3.05, 3.63) is 20.8 Å². The Morgan fingerprint density at radius 3 is 2.13 bits per heavy atom. The van der Waals surface area contributed by atoms with E-state index in [1.807, 2.05) is 10.8 Å². The lowest BCUT2D eigenvalue weighted by molar-refractivity contribution is 0.0945. The van der Waals surface area contributed by atoms with Gasteiger partial charge >= 0.3 is 0 Å². The number of ketones is 1. The van der Waals surface area contributed by atoms with Crippen LogP contribution in [0.15, 0.2) is 15.2 Å². The summed E-state index contributed by atoms with van der Waals surface area (Å²) >= 11 is 5.00. The lowest BCUT2D eigenvalue weighted by Gasteiger charge is -2.03. The Balaban J connectivity index is 2.30. The van der Waals surface area contributed by atoms with Gasteiger partial charge in [0.2, 0.25) is 0 Å². The highest BCUT2D eigenvalue weighted by atomic mass is 79.9. The predicted molar refractivity (Wildman–Crippen MR) is 67.4 cm³/mol. The summed E-state index contributed by atoms with van der Waals surface area (Å²) in [5, 5.41) is 3.91. The Labute approximate surface area is 103 Å². The van der Waals surface area contributed by atoms with Crippen LogP contribution in [0, 0.1) is 16.7 Å². The number of hydrogen-bond donors (Lipinski definition) is 0. The maximum Gasteiger partial charge on any atom is 0.169 e. The summed E-state index contributed by atoms with van der Waals surface area (Å²) in [5.74, 6) is 0.453. The zero-order valence-corrected chi connectivity index (χ0v) is 11.8. The summed E-state index contributed by atoms with van der Waals surface area (Å²) in [7, 11) is 0. The third-order valence-corrected chi connectivity index (χ3v) is 5.87. The summed E-state index contributed by atoms with van der Waals surface area (Å²) in [6.07, 6.45) is 0. The van der Waals surface area contributed by atoms with E-state index >= 15 is 0 Å². The molecule has 0 aliphatic heterocycles. The van der Waals surface area contributed by atoms with Crippen molar-refractivity contribution in [1.82, 2.24) is 0 Å². The van der Waals surface area contributed by atoms with E-state index in [2.05, 4.69) is 43.6 Å². The summed E-state index contributed by atoms with van der Waals surface area (Å²) in [4.78, 5) is 12.3. The molecule has 15 heavy (non-hydrogen) atoms. The summed E-state index contributed by atoms with van der Waals surface area (Å²) < 4.78 is 0.941. The fourth-order valence-corrected chi connectivity index (χ4v) is 3.94. The number of rotatable bonds is 2. The molecule has 1 fully saturated rings. The van der Waals surface area contributed by atoms with Gasteiger partial charge in [-0.25, -0.2) is 0 Å². The Morgan fingerprint density at radius 1 is 1.27 bits per heavy atom. The maximum absolute atomic E-state index is 12.3. The van der Waals surface area contributed by atoms with Crippen LogP contribution in [-0.4, -0.2) is 5.78 Å². The Morgan fingerprint density at radius 2 is 1.80 bits per heavy atom. The third-order valence-electron chi connectivity index (χ3n) is 4.16. The molecule has 1 aliphatic rings. The summed E-state index contributed by atoms with van der Waals surface area (Å²) in [6.45, 7) is 8.71. The normalized spacial score (nSPS) is 22.7. The first kappa shape index (κ1) is 11.3. The van der Waals surface area contributed by atoms with Crippen LogP contribution in [0.4, 0.5) is 0 Å². The van der Waals surface area contributed by atoms with Crippen molar-refractivity contribution in [2.75, 3.05) is 0 Å². The first-order valence-corrected chi connectivity index (χ1v) is 6.79. The van der Waals surface area contributed by atoms with E-state index in [0.717, 1.165) is 10.0 Å². The topological polar surface area (TPSA) is 17.1 Å². The van der Waals surface area contributed by atoms with Crippen LogP contribution in [0.25, 0.3) is 0 Å². The van der Waals surface area contributed by atoms with Crippen LogP contribution < -0.4 is 0 Å². The molecule has 0 aromatic carbocycles. The van der Waals surface area contributed by atoms with Gasteiger partial charge in [0.25, 0.3) is 0 Å². The van der Waals surface area contributed by atoms with E-state index in [4.69, 9.17) is 0 Å². The molecule has 1 saturated carbocycles. The maximum atomic E-state index is 12.3. The van der Waals surface area contributed by atoms with Crippen molar-refractivity contribution in [2.24, 2.45) is 16.7 Å². The summed E-state index contributed by atoms with van der Waals surface area (Å²) in [5.41, 5.74) is 1.11. The molecule has 2 rings (SSSR count). The number of thiophene rings is 1. The summed E-state index contributed by atoms with van der Waals surface area (Å²) in [6, 6.07) is 0. The minimum absolute atomic E-state index is 0.130. The molecule has 0 unspecified atom stereocenters. The first-order chi connectivity index (χ1) is 6.80. The fourth-order valence-electron chi connectivity index (χ4n) is 2.46. The highest BCUT2D eigenvalue weighted by molar-refractivity contribution is 9.10. The monoisotopic (exact) mass is 286 g/mol. The van der Waals surface area contributed by atoms with E-state index in [9.17, 15) is 4.79 Å². The molecule has 1 heterocycles. The van der Waals surface area contributed by atoms with Crippen LogP contribution >= 0.6 is 27.3 Å². The van der Waals surface area contributed by atoms with Gasteiger partial charge in [-0.1, -0.05) is 27.7 Å². The van der Waals surface area contributed by atoms with Gasteiger partial charge < -0.3 is 0 Å². The first-order valence-electron chi connectivity index (χ1n) is 5.06. The van der Waals surface area contributed by atoms with E-state index < -0.39 is 0 Å². The average molecular weight is 287 g/mol. The lowest BCUT2D eigenvalue weighted by Crippen LogP contribution is -2.06. The Kier molecular flexibility index (Phi) is 2.40. The van der Waals surface area contributed by atoms with Crippen LogP contribution in [0.3, 0.4) is 0 Å². The molecule has 0 radical (unpaired) electrons. The van der Waals surface area contributed by atoms with Crippen molar-refractivity contribution in [3.63, 3.8) is 0 Å². The van der Waals surface area contributed by atoms with E-state index in [-0.39, 0.29) is 22.5 Å². The molecule has 3 heteroatoms. The molecule has 1 aromatic rings. The van der Waals surface area contributed by atoms with E-state index in [1.54, 1.807) is 11.3 Å². The lowest BCUT2D eigenvalue weighted by atomic mass is 10.0. The van der Waals surface area contributed by atoms with Crippen molar-refractivity contribution in [1.29, 1.82) is 0 Å². The molecule has 1 aliphatic carbocycles. The molecule has 82 valence electrons. The number of carbonyl (C=O) groups is 1. The second kappa shape index (κ2) is 3.17. The number of halogens is 1. The molecule has 0 N–H and O–H groups in total. The van der Waals surface area contributed by atoms with Crippen molar-refractivity contribution in [2.45, 2.75) is 27.7 Å². The zero-order valence-electron chi connectivity index (χ0n) is 9.43. The predicted octanol–water partition coefficient (Wildman–Crippen LogP) is 4.38. The average Bonchev–Trinajstić information content (AvgIpc) is 2.48. The second-order valence-electron chi connectivity index (χ2n) is 5.37. The van der Waals surface area contributed by atoms with E-state index in [0.29, 0.717) is 0 Å². The standard InChI is InChI=1S/C12H15BrOS/c1-11(2)10(12(11,3)4)9(14)7-5-15-6-8(7)13/h5-6,10H,1-4H3. The molecular weight excluding hydrogens is 272 g/mol.